The number of carbonyl (C=O) groups excluding carboxylic acids is 1. The molecule has 0 bridgehead atoms. The van der Waals surface area contributed by atoms with Gasteiger partial charge in [-0.3, -0.25) is 4.79 Å². The summed E-state index contributed by atoms with van der Waals surface area (Å²) in [6.07, 6.45) is 2.52. The molecule has 0 spiro atoms. The van der Waals surface area contributed by atoms with Crippen LogP contribution in [0.4, 0.5) is 5.69 Å². The van der Waals surface area contributed by atoms with Gasteiger partial charge in [-0.1, -0.05) is 44.5 Å². The van der Waals surface area contributed by atoms with E-state index in [2.05, 4.69) is 43.0 Å². The molecule has 0 saturated carbocycles. The third-order valence-corrected chi connectivity index (χ3v) is 5.67. The van der Waals surface area contributed by atoms with Crippen molar-refractivity contribution in [3.8, 4) is 17.2 Å². The predicted molar refractivity (Wildman–Crippen MR) is 120 cm³/mol. The Bertz CT molecular complexity index is 1010. The number of aromatic nitrogens is 2. The van der Waals surface area contributed by atoms with Crippen molar-refractivity contribution in [3.05, 3.63) is 59.9 Å². The van der Waals surface area contributed by atoms with Crippen molar-refractivity contribution in [1.82, 2.24) is 10.1 Å². The van der Waals surface area contributed by atoms with Crippen LogP contribution in [0.2, 0.25) is 0 Å². The maximum atomic E-state index is 12.6. The van der Waals surface area contributed by atoms with Gasteiger partial charge in [0.1, 0.15) is 5.75 Å². The zero-order valence-corrected chi connectivity index (χ0v) is 18.4. The summed E-state index contributed by atoms with van der Waals surface area (Å²) >= 11 is 0. The first-order chi connectivity index (χ1) is 15.0. The van der Waals surface area contributed by atoms with Crippen molar-refractivity contribution in [3.63, 3.8) is 0 Å². The summed E-state index contributed by atoms with van der Waals surface area (Å²) in [6.45, 7) is 7.73. The van der Waals surface area contributed by atoms with Crippen LogP contribution in [0.5, 0.6) is 5.75 Å². The second-order valence-electron chi connectivity index (χ2n) is 8.34. The molecule has 0 radical (unpaired) electrons. The van der Waals surface area contributed by atoms with Crippen LogP contribution in [0.25, 0.3) is 11.5 Å². The lowest BCUT2D eigenvalue weighted by atomic mass is 10.0. The predicted octanol–water partition coefficient (Wildman–Crippen LogP) is 5.56. The second-order valence-corrected chi connectivity index (χ2v) is 8.34. The lowest BCUT2D eigenvalue weighted by Gasteiger charge is -2.17. The molecule has 6 heteroatoms. The van der Waals surface area contributed by atoms with E-state index in [9.17, 15) is 4.79 Å². The Morgan fingerprint density at radius 2 is 1.87 bits per heavy atom. The van der Waals surface area contributed by atoms with E-state index in [1.54, 1.807) is 0 Å². The van der Waals surface area contributed by atoms with Crippen LogP contribution in [-0.2, 0) is 4.79 Å². The highest BCUT2D eigenvalue weighted by atomic mass is 16.5. The van der Waals surface area contributed by atoms with E-state index in [1.165, 1.54) is 5.56 Å². The van der Waals surface area contributed by atoms with Crippen molar-refractivity contribution in [2.45, 2.75) is 51.9 Å². The van der Waals surface area contributed by atoms with Crippen LogP contribution in [0.3, 0.4) is 0 Å². The van der Waals surface area contributed by atoms with Gasteiger partial charge in [0.15, 0.2) is 5.82 Å². The molecule has 1 aliphatic heterocycles. The third-order valence-electron chi connectivity index (χ3n) is 5.67. The number of ether oxygens (including phenoxy) is 1. The number of rotatable bonds is 8. The molecule has 0 aliphatic carbocycles. The minimum atomic E-state index is -0.0774. The Kier molecular flexibility index (Phi) is 6.35. The van der Waals surface area contributed by atoms with Gasteiger partial charge in [-0.2, -0.15) is 4.98 Å². The number of anilines is 1. The molecule has 0 N–H and O–H groups in total. The minimum Gasteiger partial charge on any atom is -0.494 e. The van der Waals surface area contributed by atoms with E-state index < -0.39 is 0 Å². The van der Waals surface area contributed by atoms with Crippen LogP contribution in [0.1, 0.15) is 63.3 Å². The molecule has 1 aromatic heterocycles. The molecule has 31 heavy (non-hydrogen) atoms. The van der Waals surface area contributed by atoms with E-state index in [-0.39, 0.29) is 11.8 Å². The van der Waals surface area contributed by atoms with Crippen molar-refractivity contribution in [1.29, 1.82) is 0 Å². The topological polar surface area (TPSA) is 68.5 Å². The van der Waals surface area contributed by atoms with E-state index in [0.717, 1.165) is 29.8 Å². The van der Waals surface area contributed by atoms with Crippen LogP contribution >= 0.6 is 0 Å². The van der Waals surface area contributed by atoms with E-state index in [1.807, 2.05) is 41.3 Å². The van der Waals surface area contributed by atoms with Gasteiger partial charge in [-0.05, 0) is 54.3 Å². The zero-order chi connectivity index (χ0) is 21.8. The summed E-state index contributed by atoms with van der Waals surface area (Å²) in [5.74, 6) is 2.34. The van der Waals surface area contributed by atoms with E-state index in [4.69, 9.17) is 9.26 Å². The molecule has 1 fully saturated rings. The summed E-state index contributed by atoms with van der Waals surface area (Å²) in [7, 11) is 0. The summed E-state index contributed by atoms with van der Waals surface area (Å²) < 4.78 is 11.2. The highest BCUT2D eigenvalue weighted by Gasteiger charge is 2.34. The first-order valence-electron chi connectivity index (χ1n) is 11.0. The number of unbranched alkanes of at least 4 members (excludes halogenated alkanes) is 1. The van der Waals surface area contributed by atoms with Crippen LogP contribution in [-0.4, -0.2) is 29.2 Å². The zero-order valence-electron chi connectivity index (χ0n) is 18.4. The van der Waals surface area contributed by atoms with Crippen molar-refractivity contribution in [2.24, 2.45) is 0 Å². The average Bonchev–Trinajstić information content (AvgIpc) is 3.41. The molecule has 162 valence electrons. The summed E-state index contributed by atoms with van der Waals surface area (Å²) in [5, 5.41) is 4.16. The fraction of sp³-hybridized carbons (Fsp3) is 0.400. The molecule has 1 aliphatic rings. The number of nitrogens with zero attached hydrogens (tertiary/aromatic N) is 3. The largest absolute Gasteiger partial charge is 0.494 e. The standard InChI is InChI=1S/C25H29N3O3/c1-4-5-14-30-22-12-8-19(9-13-22)25-26-24(27-31-25)20-15-23(29)28(16-20)21-10-6-18(7-11-21)17(2)3/h6-13,17,20H,4-5,14-16H2,1-3H3. The summed E-state index contributed by atoms with van der Waals surface area (Å²) in [4.78, 5) is 19.0. The quantitative estimate of drug-likeness (QED) is 0.447. The van der Waals surface area contributed by atoms with Crippen LogP contribution in [0, 0.1) is 0 Å². The Labute approximate surface area is 183 Å². The number of hydrogen-bond acceptors (Lipinski definition) is 5. The Morgan fingerprint density at radius 3 is 2.55 bits per heavy atom. The Balaban J connectivity index is 1.43. The first-order valence-corrected chi connectivity index (χ1v) is 11.0. The molecule has 3 aromatic rings. The minimum absolute atomic E-state index is 0.0774. The first kappa shape index (κ1) is 21.1. The molecule has 6 nitrogen and oxygen atoms in total. The maximum absolute atomic E-state index is 12.6. The number of benzene rings is 2. The molecule has 4 rings (SSSR count). The van der Waals surface area contributed by atoms with Crippen LogP contribution in [0.15, 0.2) is 53.1 Å². The number of carbonyl (C=O) groups is 1. The third kappa shape index (κ3) is 4.79. The lowest BCUT2D eigenvalue weighted by Crippen LogP contribution is -2.24. The Hall–Kier alpha value is -3.15. The second kappa shape index (κ2) is 9.33. The van der Waals surface area contributed by atoms with Gasteiger partial charge >= 0.3 is 0 Å². The fourth-order valence-electron chi connectivity index (χ4n) is 3.72. The van der Waals surface area contributed by atoms with Gasteiger partial charge in [0.2, 0.25) is 5.91 Å². The number of hydrogen-bond donors (Lipinski definition) is 0. The van der Waals surface area contributed by atoms with E-state index in [0.29, 0.717) is 37.2 Å². The number of amides is 1. The molecule has 1 amide bonds. The summed E-state index contributed by atoms with van der Waals surface area (Å²) in [5.41, 5.74) is 3.02. The van der Waals surface area contributed by atoms with Crippen LogP contribution < -0.4 is 9.64 Å². The molecular formula is C25H29N3O3. The van der Waals surface area contributed by atoms with Crippen molar-refractivity contribution < 1.29 is 14.1 Å². The Morgan fingerprint density at radius 1 is 1.13 bits per heavy atom. The van der Waals surface area contributed by atoms with Crippen molar-refractivity contribution in [2.75, 3.05) is 18.1 Å². The lowest BCUT2D eigenvalue weighted by molar-refractivity contribution is -0.117. The average molecular weight is 420 g/mol. The molecule has 1 saturated heterocycles. The van der Waals surface area contributed by atoms with Crippen molar-refractivity contribution >= 4 is 11.6 Å². The monoisotopic (exact) mass is 419 g/mol. The molecule has 2 heterocycles. The highest BCUT2D eigenvalue weighted by molar-refractivity contribution is 5.96. The molecule has 1 atom stereocenters. The van der Waals surface area contributed by atoms with Gasteiger partial charge < -0.3 is 14.2 Å². The SMILES string of the molecule is CCCCOc1ccc(-c2nc(C3CC(=O)N(c4ccc(C(C)C)cc4)C3)no2)cc1. The highest BCUT2D eigenvalue weighted by Crippen LogP contribution is 2.32. The van der Waals surface area contributed by atoms with Gasteiger partial charge in [-0.15, -0.1) is 0 Å². The molecule has 2 aromatic carbocycles. The maximum Gasteiger partial charge on any atom is 0.257 e. The summed E-state index contributed by atoms with van der Waals surface area (Å²) in [6, 6.07) is 15.9. The fourth-order valence-corrected chi connectivity index (χ4v) is 3.72. The normalized spacial score (nSPS) is 16.3. The van der Waals surface area contributed by atoms with Gasteiger partial charge in [-0.25, -0.2) is 0 Å². The molecule has 1 unspecified atom stereocenters. The van der Waals surface area contributed by atoms with Gasteiger partial charge in [0.05, 0.1) is 6.61 Å². The molecular weight excluding hydrogens is 390 g/mol. The van der Waals surface area contributed by atoms with E-state index >= 15 is 0 Å². The van der Waals surface area contributed by atoms with Gasteiger partial charge in [0.25, 0.3) is 5.89 Å². The smallest absolute Gasteiger partial charge is 0.257 e. The van der Waals surface area contributed by atoms with Gasteiger partial charge in [0, 0.05) is 30.1 Å².